The van der Waals surface area contributed by atoms with E-state index in [1.807, 2.05) is 17.0 Å². The minimum absolute atomic E-state index is 0.0303. The third-order valence-electron chi connectivity index (χ3n) is 6.42. The number of aromatic amines is 1. The highest BCUT2D eigenvalue weighted by Crippen LogP contribution is 2.30. The predicted molar refractivity (Wildman–Crippen MR) is 139 cm³/mol. The Morgan fingerprint density at radius 3 is 2.58 bits per heavy atom. The number of aryl methyl sites for hydroxylation is 1. The number of nitrogens with one attached hydrogen (secondary N) is 2. The highest BCUT2D eigenvalue weighted by molar-refractivity contribution is 5.92. The number of rotatable bonds is 6. The fraction of sp³-hybridized carbons (Fsp3) is 0.259. The maximum absolute atomic E-state index is 14.6. The maximum atomic E-state index is 14.6. The summed E-state index contributed by atoms with van der Waals surface area (Å²) in [4.78, 5) is 39.1. The van der Waals surface area contributed by atoms with Crippen LogP contribution in [0.25, 0.3) is 11.0 Å². The Labute approximate surface area is 217 Å². The van der Waals surface area contributed by atoms with Gasteiger partial charge in [-0.3, -0.25) is 14.5 Å². The zero-order valence-corrected chi connectivity index (χ0v) is 20.9. The van der Waals surface area contributed by atoms with E-state index in [0.29, 0.717) is 66.6 Å². The number of piperazine rings is 1. The molecule has 0 saturated carbocycles. The number of fused-ring (bicyclic) bond motifs is 1. The van der Waals surface area contributed by atoms with Crippen LogP contribution >= 0.6 is 0 Å². The smallest absolute Gasteiger partial charge is 0.269 e. The molecule has 0 atom stereocenters. The third kappa shape index (κ3) is 5.32. The fourth-order valence-corrected chi connectivity index (χ4v) is 4.46. The van der Waals surface area contributed by atoms with Crippen LogP contribution < -0.4 is 20.5 Å². The van der Waals surface area contributed by atoms with Crippen molar-refractivity contribution in [1.29, 1.82) is 0 Å². The Bertz CT molecular complexity index is 1570. The number of carbonyl (C=O) groups is 1. The molecule has 1 aliphatic rings. The van der Waals surface area contributed by atoms with Gasteiger partial charge in [-0.15, -0.1) is 0 Å². The number of halogens is 2. The summed E-state index contributed by atoms with van der Waals surface area (Å²) in [6, 6.07) is 12.6. The van der Waals surface area contributed by atoms with Gasteiger partial charge in [0.2, 0.25) is 5.95 Å². The van der Waals surface area contributed by atoms with E-state index in [1.165, 1.54) is 25.2 Å². The van der Waals surface area contributed by atoms with E-state index in [4.69, 9.17) is 4.74 Å². The standard InChI is InChI=1S/C27H26F2N6O3/c1-16-26(36)33-21-12-17(13-23(24(21)31-16)38-19-5-3-4-18(28)14-19)15-34-8-10-35(11-9-34)22-7-6-20(27(37)30-2)32-25(22)29/h3-7,12-14H,8-11,15H2,1-2H3,(H,30,37)(H,33,36). The average molecular weight is 521 g/mol. The highest BCUT2D eigenvalue weighted by Gasteiger charge is 2.22. The van der Waals surface area contributed by atoms with E-state index in [9.17, 15) is 18.4 Å². The minimum Gasteiger partial charge on any atom is -0.455 e. The van der Waals surface area contributed by atoms with Crippen molar-refractivity contribution in [2.24, 2.45) is 0 Å². The van der Waals surface area contributed by atoms with E-state index in [2.05, 4.69) is 25.2 Å². The molecule has 0 bridgehead atoms. The molecule has 0 radical (unpaired) electrons. The van der Waals surface area contributed by atoms with Crippen molar-refractivity contribution in [2.75, 3.05) is 38.1 Å². The number of H-pyrrole nitrogens is 1. The van der Waals surface area contributed by atoms with Crippen LogP contribution in [0.3, 0.4) is 0 Å². The topological polar surface area (TPSA) is 103 Å². The first-order valence-corrected chi connectivity index (χ1v) is 12.1. The van der Waals surface area contributed by atoms with Gasteiger partial charge in [0.25, 0.3) is 11.5 Å². The number of benzene rings is 2. The Hall–Kier alpha value is -4.38. The van der Waals surface area contributed by atoms with E-state index < -0.39 is 17.7 Å². The normalized spacial score (nSPS) is 14.1. The van der Waals surface area contributed by atoms with Crippen molar-refractivity contribution in [3.63, 3.8) is 0 Å². The SMILES string of the molecule is CNC(=O)c1ccc(N2CCN(Cc3cc(Oc4cccc(F)c4)c4nc(C)c(=O)[nH]c4c3)CC2)c(F)n1. The van der Waals surface area contributed by atoms with Gasteiger partial charge in [0, 0.05) is 45.8 Å². The molecule has 0 spiro atoms. The fourth-order valence-electron chi connectivity index (χ4n) is 4.46. The molecule has 196 valence electrons. The van der Waals surface area contributed by atoms with Gasteiger partial charge < -0.3 is 19.9 Å². The molecule has 3 heterocycles. The number of hydrogen-bond donors (Lipinski definition) is 2. The molecule has 2 N–H and O–H groups in total. The van der Waals surface area contributed by atoms with Gasteiger partial charge in [-0.1, -0.05) is 6.07 Å². The van der Waals surface area contributed by atoms with Gasteiger partial charge >= 0.3 is 0 Å². The van der Waals surface area contributed by atoms with Crippen LogP contribution in [-0.4, -0.2) is 59.0 Å². The largest absolute Gasteiger partial charge is 0.455 e. The number of aromatic nitrogens is 3. The molecule has 5 rings (SSSR count). The minimum atomic E-state index is -0.681. The molecule has 38 heavy (non-hydrogen) atoms. The molecule has 0 unspecified atom stereocenters. The number of pyridine rings is 1. The first-order valence-electron chi connectivity index (χ1n) is 12.1. The summed E-state index contributed by atoms with van der Waals surface area (Å²) >= 11 is 0. The summed E-state index contributed by atoms with van der Waals surface area (Å²) in [7, 11) is 1.47. The zero-order chi connectivity index (χ0) is 26.8. The van der Waals surface area contributed by atoms with Gasteiger partial charge in [-0.05, 0) is 48.9 Å². The molecule has 1 fully saturated rings. The lowest BCUT2D eigenvalue weighted by Gasteiger charge is -2.36. The average Bonchev–Trinajstić information content (AvgIpc) is 2.90. The van der Waals surface area contributed by atoms with E-state index in [1.54, 1.807) is 25.1 Å². The second-order valence-corrected chi connectivity index (χ2v) is 9.05. The van der Waals surface area contributed by atoms with Crippen LogP contribution in [0.1, 0.15) is 21.7 Å². The number of carbonyl (C=O) groups excluding carboxylic acids is 1. The summed E-state index contributed by atoms with van der Waals surface area (Å²) in [6.07, 6.45) is 0. The number of amides is 1. The van der Waals surface area contributed by atoms with Gasteiger partial charge in [0.15, 0.2) is 5.75 Å². The quantitative estimate of drug-likeness (QED) is 0.376. The monoisotopic (exact) mass is 520 g/mol. The van der Waals surface area contributed by atoms with Crippen LogP contribution in [0.2, 0.25) is 0 Å². The Kier molecular flexibility index (Phi) is 7.01. The van der Waals surface area contributed by atoms with Crippen molar-refractivity contribution in [3.8, 4) is 11.5 Å². The first kappa shape index (κ1) is 25.3. The van der Waals surface area contributed by atoms with Crippen molar-refractivity contribution in [3.05, 3.63) is 87.6 Å². The van der Waals surface area contributed by atoms with Crippen molar-refractivity contribution in [2.45, 2.75) is 13.5 Å². The molecule has 1 saturated heterocycles. The number of anilines is 1. The van der Waals surface area contributed by atoms with E-state index >= 15 is 0 Å². The predicted octanol–water partition coefficient (Wildman–Crippen LogP) is 3.38. The summed E-state index contributed by atoms with van der Waals surface area (Å²) in [5.74, 6) is -0.817. The molecular weight excluding hydrogens is 494 g/mol. The molecule has 1 amide bonds. The summed E-state index contributed by atoms with van der Waals surface area (Å²) in [5, 5.41) is 2.44. The maximum Gasteiger partial charge on any atom is 0.269 e. The molecule has 4 aromatic rings. The lowest BCUT2D eigenvalue weighted by molar-refractivity contribution is 0.0957. The Balaban J connectivity index is 1.34. The highest BCUT2D eigenvalue weighted by atomic mass is 19.1. The first-order chi connectivity index (χ1) is 18.3. The van der Waals surface area contributed by atoms with Crippen molar-refractivity contribution in [1.82, 2.24) is 25.2 Å². The van der Waals surface area contributed by atoms with Crippen LogP contribution in [0.4, 0.5) is 14.5 Å². The second-order valence-electron chi connectivity index (χ2n) is 9.05. The third-order valence-corrected chi connectivity index (χ3v) is 6.42. The van der Waals surface area contributed by atoms with E-state index in [-0.39, 0.29) is 11.3 Å². The van der Waals surface area contributed by atoms with Gasteiger partial charge in [-0.2, -0.15) is 4.39 Å². The lowest BCUT2D eigenvalue weighted by atomic mass is 10.1. The Morgan fingerprint density at radius 1 is 1.08 bits per heavy atom. The number of hydrogen-bond acceptors (Lipinski definition) is 7. The molecule has 2 aromatic heterocycles. The van der Waals surface area contributed by atoms with Gasteiger partial charge in [-0.25, -0.2) is 14.4 Å². The molecule has 2 aromatic carbocycles. The molecular formula is C27H26F2N6O3. The van der Waals surface area contributed by atoms with Crippen LogP contribution in [0.5, 0.6) is 11.5 Å². The van der Waals surface area contributed by atoms with Gasteiger partial charge in [0.05, 0.1) is 11.2 Å². The summed E-state index contributed by atoms with van der Waals surface area (Å²) in [5.41, 5.74) is 2.26. The van der Waals surface area contributed by atoms with Crippen LogP contribution in [0.15, 0.2) is 53.3 Å². The van der Waals surface area contributed by atoms with Crippen LogP contribution in [0, 0.1) is 18.7 Å². The number of nitrogens with zero attached hydrogens (tertiary/aromatic N) is 4. The summed E-state index contributed by atoms with van der Waals surface area (Å²) in [6.45, 7) is 4.60. The molecule has 0 aliphatic carbocycles. The van der Waals surface area contributed by atoms with Gasteiger partial charge in [0.1, 0.15) is 28.5 Å². The Morgan fingerprint density at radius 2 is 1.87 bits per heavy atom. The molecule has 1 aliphatic heterocycles. The number of ether oxygens (including phenoxy) is 1. The van der Waals surface area contributed by atoms with E-state index in [0.717, 1.165) is 5.56 Å². The zero-order valence-electron chi connectivity index (χ0n) is 20.9. The second kappa shape index (κ2) is 10.5. The lowest BCUT2D eigenvalue weighted by Crippen LogP contribution is -2.46. The van der Waals surface area contributed by atoms with Crippen molar-refractivity contribution >= 4 is 22.6 Å². The van der Waals surface area contributed by atoms with Crippen molar-refractivity contribution < 1.29 is 18.3 Å². The molecule has 9 nitrogen and oxygen atoms in total. The van der Waals surface area contributed by atoms with Crippen LogP contribution in [-0.2, 0) is 6.54 Å². The molecule has 11 heteroatoms. The summed E-state index contributed by atoms with van der Waals surface area (Å²) < 4.78 is 34.3.